The maximum atomic E-state index is 11.8. The second-order valence-corrected chi connectivity index (χ2v) is 5.26. The number of nitrogen functional groups attached to an aromatic ring is 1. The minimum absolute atomic E-state index is 0.114. The van der Waals surface area contributed by atoms with Crippen LogP contribution >= 0.6 is 22.6 Å². The molecule has 1 atom stereocenters. The van der Waals surface area contributed by atoms with E-state index in [4.69, 9.17) is 11.5 Å². The third-order valence-electron chi connectivity index (χ3n) is 2.82. The lowest BCUT2D eigenvalue weighted by Gasteiger charge is -2.18. The summed E-state index contributed by atoms with van der Waals surface area (Å²) in [4.78, 5) is 13.5. The molecule has 1 fully saturated rings. The fourth-order valence-corrected chi connectivity index (χ4v) is 2.46. The van der Waals surface area contributed by atoms with Crippen LogP contribution in [0.4, 0.5) is 11.4 Å². The number of hydrogen-bond acceptors (Lipinski definition) is 3. The molecule has 0 spiro atoms. The van der Waals surface area contributed by atoms with Crippen LogP contribution < -0.4 is 16.4 Å². The average Bonchev–Trinajstić information content (AvgIpc) is 2.60. The average molecular weight is 331 g/mol. The van der Waals surface area contributed by atoms with Crippen LogP contribution in [0.3, 0.4) is 0 Å². The summed E-state index contributed by atoms with van der Waals surface area (Å²) in [6, 6.07) is 5.72. The largest absolute Gasteiger partial charge is 0.397 e. The Labute approximate surface area is 108 Å². The molecule has 0 aromatic heterocycles. The lowest BCUT2D eigenvalue weighted by Crippen LogP contribution is -2.26. The van der Waals surface area contributed by atoms with E-state index in [2.05, 4.69) is 22.6 Å². The van der Waals surface area contributed by atoms with Crippen LogP contribution in [0.1, 0.15) is 6.42 Å². The molecule has 1 aromatic carbocycles. The second kappa shape index (κ2) is 4.58. The Kier molecular flexibility index (Phi) is 3.34. The van der Waals surface area contributed by atoms with Crippen LogP contribution in [-0.2, 0) is 4.79 Å². The Morgan fingerprint density at radius 2 is 2.25 bits per heavy atom. The fourth-order valence-electron chi connectivity index (χ4n) is 1.94. The zero-order valence-corrected chi connectivity index (χ0v) is 11.0. The summed E-state index contributed by atoms with van der Waals surface area (Å²) in [5, 5.41) is 0. The standard InChI is InChI=1S/C11H14IN3O/c12-8-1-2-10(9(14)4-8)15-6-7(5-13)3-11(15)16/h1-2,4,7H,3,5-6,13-14H2. The summed E-state index contributed by atoms with van der Waals surface area (Å²) >= 11 is 2.20. The topological polar surface area (TPSA) is 72.4 Å². The molecule has 2 rings (SSSR count). The van der Waals surface area contributed by atoms with Crippen LogP contribution in [0, 0.1) is 9.49 Å². The highest BCUT2D eigenvalue weighted by Gasteiger charge is 2.30. The summed E-state index contributed by atoms with van der Waals surface area (Å²) in [7, 11) is 0. The number of halogens is 1. The molecule has 1 unspecified atom stereocenters. The highest BCUT2D eigenvalue weighted by atomic mass is 127. The lowest BCUT2D eigenvalue weighted by atomic mass is 10.1. The van der Waals surface area contributed by atoms with Crippen molar-refractivity contribution in [2.45, 2.75) is 6.42 Å². The number of hydrogen-bond donors (Lipinski definition) is 2. The van der Waals surface area contributed by atoms with Crippen molar-refractivity contribution in [2.24, 2.45) is 11.7 Å². The van der Waals surface area contributed by atoms with E-state index in [0.717, 1.165) is 9.26 Å². The first-order valence-corrected chi connectivity index (χ1v) is 6.25. The van der Waals surface area contributed by atoms with Crippen LogP contribution in [0.25, 0.3) is 0 Å². The van der Waals surface area contributed by atoms with Crippen LogP contribution in [0.15, 0.2) is 18.2 Å². The highest BCUT2D eigenvalue weighted by Crippen LogP contribution is 2.30. The minimum Gasteiger partial charge on any atom is -0.397 e. The van der Waals surface area contributed by atoms with Crippen LogP contribution in [0.5, 0.6) is 0 Å². The van der Waals surface area contributed by atoms with Gasteiger partial charge in [-0.05, 0) is 53.3 Å². The predicted octanol–water partition coefficient (Wildman–Crippen LogP) is 1.18. The molecule has 0 bridgehead atoms. The number of carbonyl (C=O) groups is 1. The number of rotatable bonds is 2. The smallest absolute Gasteiger partial charge is 0.227 e. The van der Waals surface area contributed by atoms with Gasteiger partial charge in [0.1, 0.15) is 0 Å². The van der Waals surface area contributed by atoms with Crippen molar-refractivity contribution in [2.75, 3.05) is 23.7 Å². The normalized spacial score (nSPS) is 20.5. The van der Waals surface area contributed by atoms with E-state index in [9.17, 15) is 4.79 Å². The van der Waals surface area contributed by atoms with Crippen molar-refractivity contribution in [3.05, 3.63) is 21.8 Å². The van der Waals surface area contributed by atoms with E-state index in [1.807, 2.05) is 18.2 Å². The second-order valence-electron chi connectivity index (χ2n) is 4.01. The Hall–Kier alpha value is -0.820. The molecule has 4 nitrogen and oxygen atoms in total. The molecule has 1 aromatic rings. The van der Waals surface area contributed by atoms with Crippen LogP contribution in [0.2, 0.25) is 0 Å². The van der Waals surface area contributed by atoms with E-state index < -0.39 is 0 Å². The van der Waals surface area contributed by atoms with Crippen molar-refractivity contribution in [1.82, 2.24) is 0 Å². The molecule has 1 saturated heterocycles. The maximum absolute atomic E-state index is 11.8. The summed E-state index contributed by atoms with van der Waals surface area (Å²) in [5.74, 6) is 0.370. The molecule has 1 aliphatic heterocycles. The minimum atomic E-state index is 0.114. The van der Waals surface area contributed by atoms with Gasteiger partial charge in [-0.1, -0.05) is 0 Å². The summed E-state index contributed by atoms with van der Waals surface area (Å²) < 4.78 is 1.07. The Bertz CT molecular complexity index is 422. The number of benzene rings is 1. The van der Waals surface area contributed by atoms with E-state index in [1.54, 1.807) is 4.90 Å². The molecule has 1 aliphatic rings. The van der Waals surface area contributed by atoms with Crippen molar-refractivity contribution >= 4 is 39.9 Å². The van der Waals surface area contributed by atoms with Gasteiger partial charge in [0.2, 0.25) is 5.91 Å². The zero-order valence-electron chi connectivity index (χ0n) is 8.82. The Balaban J connectivity index is 2.28. The molecule has 0 radical (unpaired) electrons. The number of amides is 1. The number of carbonyl (C=O) groups excluding carboxylic acids is 1. The third kappa shape index (κ3) is 2.15. The molecular weight excluding hydrogens is 317 g/mol. The van der Waals surface area contributed by atoms with Gasteiger partial charge < -0.3 is 16.4 Å². The molecule has 0 aliphatic carbocycles. The highest BCUT2D eigenvalue weighted by molar-refractivity contribution is 14.1. The Morgan fingerprint density at radius 1 is 1.50 bits per heavy atom. The molecule has 16 heavy (non-hydrogen) atoms. The zero-order chi connectivity index (χ0) is 11.7. The van der Waals surface area contributed by atoms with Gasteiger partial charge in [0.15, 0.2) is 0 Å². The molecule has 5 heteroatoms. The van der Waals surface area contributed by atoms with E-state index >= 15 is 0 Å². The van der Waals surface area contributed by atoms with E-state index in [-0.39, 0.29) is 11.8 Å². The number of nitrogens with zero attached hydrogens (tertiary/aromatic N) is 1. The molecule has 0 saturated carbocycles. The van der Waals surface area contributed by atoms with Crippen molar-refractivity contribution in [3.63, 3.8) is 0 Å². The summed E-state index contributed by atoms with van der Waals surface area (Å²) in [5.41, 5.74) is 13.0. The quantitative estimate of drug-likeness (QED) is 0.632. The monoisotopic (exact) mass is 331 g/mol. The first-order valence-electron chi connectivity index (χ1n) is 5.17. The number of anilines is 2. The first kappa shape index (κ1) is 11.7. The summed E-state index contributed by atoms with van der Waals surface area (Å²) in [6.45, 7) is 1.23. The van der Waals surface area contributed by atoms with Gasteiger partial charge in [0.05, 0.1) is 11.4 Å². The van der Waals surface area contributed by atoms with Crippen molar-refractivity contribution in [1.29, 1.82) is 0 Å². The molecule has 86 valence electrons. The van der Waals surface area contributed by atoms with Crippen LogP contribution in [-0.4, -0.2) is 19.0 Å². The van der Waals surface area contributed by atoms with Crippen molar-refractivity contribution < 1.29 is 4.79 Å². The van der Waals surface area contributed by atoms with Gasteiger partial charge in [0.25, 0.3) is 0 Å². The predicted molar refractivity (Wildman–Crippen MR) is 73.1 cm³/mol. The van der Waals surface area contributed by atoms with E-state index in [0.29, 0.717) is 25.2 Å². The Morgan fingerprint density at radius 3 is 2.81 bits per heavy atom. The lowest BCUT2D eigenvalue weighted by molar-refractivity contribution is -0.117. The van der Waals surface area contributed by atoms with Crippen molar-refractivity contribution in [3.8, 4) is 0 Å². The van der Waals surface area contributed by atoms with Gasteiger partial charge in [-0.25, -0.2) is 0 Å². The maximum Gasteiger partial charge on any atom is 0.227 e. The summed E-state index contributed by atoms with van der Waals surface area (Å²) in [6.07, 6.45) is 0.530. The number of nitrogens with two attached hydrogens (primary N) is 2. The van der Waals surface area contributed by atoms with Gasteiger partial charge in [-0.3, -0.25) is 4.79 Å². The van der Waals surface area contributed by atoms with Gasteiger partial charge in [-0.15, -0.1) is 0 Å². The molecule has 1 heterocycles. The van der Waals surface area contributed by atoms with Gasteiger partial charge in [0, 0.05) is 16.5 Å². The fraction of sp³-hybridized carbons (Fsp3) is 0.364. The first-order chi connectivity index (χ1) is 7.61. The third-order valence-corrected chi connectivity index (χ3v) is 3.49. The van der Waals surface area contributed by atoms with E-state index in [1.165, 1.54) is 0 Å². The molecule has 1 amide bonds. The SMILES string of the molecule is NCC1CC(=O)N(c2ccc(I)cc2N)C1. The van der Waals surface area contributed by atoms with Gasteiger partial charge >= 0.3 is 0 Å². The van der Waals surface area contributed by atoms with Gasteiger partial charge in [-0.2, -0.15) is 0 Å². The molecule has 4 N–H and O–H groups in total. The molecular formula is C11H14IN3O.